The van der Waals surface area contributed by atoms with Crippen LogP contribution >= 0.6 is 12.4 Å². The van der Waals surface area contributed by atoms with Crippen LogP contribution in [-0.4, -0.2) is 20.7 Å². The standard InChI is InChI=1S/C23H19N7O2.ClH/c24-21(25)17-8-12-18(13-9-17)27-22-20(30(31)32)14-26-23(29-22)28-19-10-6-16(7-11-19)15-4-2-1-3-5-15;/h1-14H,(H3,24,25)(H2,26,27,28,29);1H. The average Bonchev–Trinajstić information content (AvgIpc) is 2.80. The summed E-state index contributed by atoms with van der Waals surface area (Å²) in [7, 11) is 0. The summed E-state index contributed by atoms with van der Waals surface area (Å²) in [4.78, 5) is 19.2. The first kappa shape index (κ1) is 23.2. The van der Waals surface area contributed by atoms with Gasteiger partial charge < -0.3 is 16.4 Å². The highest BCUT2D eigenvalue weighted by molar-refractivity contribution is 5.95. The smallest absolute Gasteiger partial charge is 0.329 e. The molecule has 1 heterocycles. The molecular formula is C23H20ClN7O2. The van der Waals surface area contributed by atoms with Crippen LogP contribution in [0.25, 0.3) is 11.1 Å². The van der Waals surface area contributed by atoms with Crippen LogP contribution in [0.3, 0.4) is 0 Å². The molecule has 0 amide bonds. The van der Waals surface area contributed by atoms with Crippen LogP contribution in [0.5, 0.6) is 0 Å². The van der Waals surface area contributed by atoms with Crippen molar-refractivity contribution in [2.75, 3.05) is 10.6 Å². The zero-order valence-electron chi connectivity index (χ0n) is 17.2. The summed E-state index contributed by atoms with van der Waals surface area (Å²) in [6.45, 7) is 0. The quantitative estimate of drug-likeness (QED) is 0.127. The van der Waals surface area contributed by atoms with E-state index in [-0.39, 0.29) is 35.7 Å². The molecule has 0 radical (unpaired) electrons. The monoisotopic (exact) mass is 461 g/mol. The van der Waals surface area contributed by atoms with Crippen LogP contribution in [0.2, 0.25) is 0 Å². The first-order valence-corrected chi connectivity index (χ1v) is 9.65. The number of anilines is 4. The van der Waals surface area contributed by atoms with Gasteiger partial charge in [-0.1, -0.05) is 42.5 Å². The predicted octanol–water partition coefficient (Wildman–Crippen LogP) is 5.24. The fourth-order valence-electron chi connectivity index (χ4n) is 3.04. The molecule has 1 aromatic heterocycles. The molecule has 0 fully saturated rings. The Morgan fingerprint density at radius 2 is 1.45 bits per heavy atom. The van der Waals surface area contributed by atoms with Gasteiger partial charge in [-0.05, 0) is 47.5 Å². The van der Waals surface area contributed by atoms with Crippen molar-refractivity contribution in [1.29, 1.82) is 5.41 Å². The molecule has 0 saturated carbocycles. The minimum absolute atomic E-state index is 0. The van der Waals surface area contributed by atoms with Gasteiger partial charge in [0.05, 0.1) is 4.92 Å². The molecule has 5 N–H and O–H groups in total. The van der Waals surface area contributed by atoms with Crippen molar-refractivity contribution in [2.45, 2.75) is 0 Å². The molecule has 0 saturated heterocycles. The predicted molar refractivity (Wildman–Crippen MR) is 132 cm³/mol. The number of nitro groups is 1. The fourth-order valence-corrected chi connectivity index (χ4v) is 3.04. The number of benzene rings is 3. The second-order valence-corrected chi connectivity index (χ2v) is 6.87. The molecule has 166 valence electrons. The van der Waals surface area contributed by atoms with Crippen LogP contribution in [0.15, 0.2) is 85.1 Å². The number of amidine groups is 1. The van der Waals surface area contributed by atoms with E-state index in [1.54, 1.807) is 24.3 Å². The zero-order chi connectivity index (χ0) is 22.5. The Morgan fingerprint density at radius 3 is 2.06 bits per heavy atom. The van der Waals surface area contributed by atoms with E-state index in [0.717, 1.165) is 23.0 Å². The minimum Gasteiger partial charge on any atom is -0.384 e. The van der Waals surface area contributed by atoms with E-state index in [1.807, 2.05) is 54.6 Å². The third-order valence-corrected chi connectivity index (χ3v) is 4.67. The van der Waals surface area contributed by atoms with Crippen LogP contribution < -0.4 is 16.4 Å². The van der Waals surface area contributed by atoms with E-state index in [9.17, 15) is 10.1 Å². The minimum atomic E-state index is -0.551. The maximum Gasteiger partial charge on any atom is 0.329 e. The van der Waals surface area contributed by atoms with Crippen molar-refractivity contribution in [3.05, 3.63) is 101 Å². The number of nitrogens with two attached hydrogens (primary N) is 1. The summed E-state index contributed by atoms with van der Waals surface area (Å²) in [5.74, 6) is 0.198. The number of nitrogen functional groups attached to an aromatic ring is 1. The lowest BCUT2D eigenvalue weighted by Crippen LogP contribution is -2.10. The van der Waals surface area contributed by atoms with Gasteiger partial charge in [0.1, 0.15) is 12.0 Å². The van der Waals surface area contributed by atoms with E-state index in [2.05, 4.69) is 20.6 Å². The number of hydrogen-bond acceptors (Lipinski definition) is 7. The lowest BCUT2D eigenvalue weighted by Gasteiger charge is -2.10. The second-order valence-electron chi connectivity index (χ2n) is 6.87. The van der Waals surface area contributed by atoms with E-state index in [1.165, 1.54) is 0 Å². The normalized spacial score (nSPS) is 10.1. The van der Waals surface area contributed by atoms with Gasteiger partial charge in [-0.2, -0.15) is 4.98 Å². The van der Waals surface area contributed by atoms with Gasteiger partial charge in [-0.15, -0.1) is 12.4 Å². The molecule has 0 aliphatic carbocycles. The number of aromatic nitrogens is 2. The number of hydrogen-bond donors (Lipinski definition) is 4. The molecule has 4 rings (SSSR count). The number of nitrogens with one attached hydrogen (secondary N) is 3. The van der Waals surface area contributed by atoms with Gasteiger partial charge in [-0.3, -0.25) is 15.5 Å². The Balaban J connectivity index is 0.00000306. The summed E-state index contributed by atoms with van der Waals surface area (Å²) in [5.41, 5.74) is 9.23. The maximum absolute atomic E-state index is 11.4. The molecule has 33 heavy (non-hydrogen) atoms. The van der Waals surface area contributed by atoms with Crippen molar-refractivity contribution < 1.29 is 4.92 Å². The van der Waals surface area contributed by atoms with Crippen molar-refractivity contribution in [3.8, 4) is 11.1 Å². The van der Waals surface area contributed by atoms with E-state index < -0.39 is 4.92 Å². The number of rotatable bonds is 7. The molecule has 0 spiro atoms. The summed E-state index contributed by atoms with van der Waals surface area (Å²) in [5, 5.41) is 24.9. The van der Waals surface area contributed by atoms with Crippen LogP contribution in [0.1, 0.15) is 5.56 Å². The van der Waals surface area contributed by atoms with Crippen molar-refractivity contribution >= 4 is 47.1 Å². The molecule has 9 nitrogen and oxygen atoms in total. The molecule has 0 aliphatic rings. The van der Waals surface area contributed by atoms with Gasteiger partial charge >= 0.3 is 5.69 Å². The highest BCUT2D eigenvalue weighted by Crippen LogP contribution is 2.27. The Bertz CT molecular complexity index is 1260. The van der Waals surface area contributed by atoms with E-state index in [0.29, 0.717) is 11.3 Å². The third-order valence-electron chi connectivity index (χ3n) is 4.67. The van der Waals surface area contributed by atoms with Gasteiger partial charge in [0.15, 0.2) is 0 Å². The van der Waals surface area contributed by atoms with Crippen LogP contribution in [0.4, 0.5) is 28.8 Å². The van der Waals surface area contributed by atoms with Gasteiger partial charge in [-0.25, -0.2) is 4.98 Å². The number of halogens is 1. The lowest BCUT2D eigenvalue weighted by molar-refractivity contribution is -0.384. The van der Waals surface area contributed by atoms with Crippen LogP contribution in [0, 0.1) is 15.5 Å². The summed E-state index contributed by atoms with van der Waals surface area (Å²) in [6.07, 6.45) is 1.15. The van der Waals surface area contributed by atoms with Crippen molar-refractivity contribution in [1.82, 2.24) is 9.97 Å². The summed E-state index contributed by atoms with van der Waals surface area (Å²) in [6, 6.07) is 24.3. The Kier molecular flexibility index (Phi) is 7.17. The lowest BCUT2D eigenvalue weighted by atomic mass is 10.1. The Labute approximate surface area is 195 Å². The van der Waals surface area contributed by atoms with Crippen LogP contribution in [-0.2, 0) is 0 Å². The first-order chi connectivity index (χ1) is 15.5. The van der Waals surface area contributed by atoms with Crippen molar-refractivity contribution in [3.63, 3.8) is 0 Å². The largest absolute Gasteiger partial charge is 0.384 e. The third kappa shape index (κ3) is 5.60. The molecule has 10 heteroatoms. The summed E-state index contributed by atoms with van der Waals surface area (Å²) < 4.78 is 0. The average molecular weight is 462 g/mol. The first-order valence-electron chi connectivity index (χ1n) is 9.65. The number of nitrogens with zero attached hydrogens (tertiary/aromatic N) is 3. The molecule has 3 aromatic carbocycles. The highest BCUT2D eigenvalue weighted by atomic mass is 35.5. The molecule has 0 bridgehead atoms. The second kappa shape index (κ2) is 10.2. The highest BCUT2D eigenvalue weighted by Gasteiger charge is 2.18. The molecular weight excluding hydrogens is 442 g/mol. The zero-order valence-corrected chi connectivity index (χ0v) is 18.0. The molecule has 0 atom stereocenters. The maximum atomic E-state index is 11.4. The van der Waals surface area contributed by atoms with Gasteiger partial charge in [0.25, 0.3) is 0 Å². The Hall–Kier alpha value is -4.50. The SMILES string of the molecule is Cl.N=C(N)c1ccc(Nc2nc(Nc3ccc(-c4ccccc4)cc3)ncc2[N+](=O)[O-])cc1. The van der Waals surface area contributed by atoms with E-state index in [4.69, 9.17) is 11.1 Å². The Morgan fingerprint density at radius 1 is 0.879 bits per heavy atom. The molecule has 0 unspecified atom stereocenters. The fraction of sp³-hybridized carbons (Fsp3) is 0. The van der Waals surface area contributed by atoms with Gasteiger partial charge in [0.2, 0.25) is 11.8 Å². The topological polar surface area (TPSA) is 143 Å². The van der Waals surface area contributed by atoms with Gasteiger partial charge in [0, 0.05) is 16.9 Å². The summed E-state index contributed by atoms with van der Waals surface area (Å²) >= 11 is 0. The van der Waals surface area contributed by atoms with E-state index >= 15 is 0 Å². The molecule has 0 aliphatic heterocycles. The van der Waals surface area contributed by atoms with Crippen molar-refractivity contribution in [2.24, 2.45) is 5.73 Å². The molecule has 4 aromatic rings.